The molecule has 1 aromatic carbocycles. The molecule has 0 radical (unpaired) electrons. The number of amides is 1. The summed E-state index contributed by atoms with van der Waals surface area (Å²) in [5.41, 5.74) is 0.0577. The molecule has 0 aliphatic rings. The summed E-state index contributed by atoms with van der Waals surface area (Å²) in [7, 11) is 0. The lowest BCUT2D eigenvalue weighted by molar-refractivity contribution is -0.133. The summed E-state index contributed by atoms with van der Waals surface area (Å²) in [6.45, 7) is 5.76. The number of nitrogens with zero attached hydrogens (tertiary/aromatic N) is 1. The molecule has 0 spiro atoms. The summed E-state index contributed by atoms with van der Waals surface area (Å²) in [5, 5.41) is 0.820. The summed E-state index contributed by atoms with van der Waals surface area (Å²) < 4.78 is 10.7. The van der Waals surface area contributed by atoms with Crippen LogP contribution in [0.15, 0.2) is 39.5 Å². The average molecular weight is 331 g/mol. The van der Waals surface area contributed by atoms with Crippen LogP contribution in [0.1, 0.15) is 39.5 Å². The average Bonchev–Trinajstić information content (AvgIpc) is 2.59. The maximum atomic E-state index is 12.4. The molecule has 2 aromatic rings. The van der Waals surface area contributed by atoms with Gasteiger partial charge in [0, 0.05) is 30.6 Å². The Balaban J connectivity index is 1.99. The first-order valence-electron chi connectivity index (χ1n) is 8.58. The fraction of sp³-hybridized carbons (Fsp3) is 0.474. The molecule has 1 heterocycles. The Labute approximate surface area is 142 Å². The zero-order valence-corrected chi connectivity index (χ0v) is 14.4. The van der Waals surface area contributed by atoms with E-state index in [2.05, 4.69) is 13.8 Å². The quantitative estimate of drug-likeness (QED) is 0.659. The van der Waals surface area contributed by atoms with Crippen molar-refractivity contribution in [3.63, 3.8) is 0 Å². The van der Waals surface area contributed by atoms with Crippen LogP contribution in [0.3, 0.4) is 0 Å². The van der Waals surface area contributed by atoms with E-state index in [4.69, 9.17) is 9.15 Å². The van der Waals surface area contributed by atoms with Gasteiger partial charge < -0.3 is 14.1 Å². The van der Waals surface area contributed by atoms with Gasteiger partial charge in [-0.1, -0.05) is 26.7 Å². The zero-order valence-electron chi connectivity index (χ0n) is 14.4. The van der Waals surface area contributed by atoms with E-state index in [0.29, 0.717) is 11.3 Å². The Kier molecular flexibility index (Phi) is 6.85. The van der Waals surface area contributed by atoms with Crippen LogP contribution >= 0.6 is 0 Å². The van der Waals surface area contributed by atoms with Crippen LogP contribution in [0.2, 0.25) is 0 Å². The van der Waals surface area contributed by atoms with Crippen molar-refractivity contribution in [2.75, 3.05) is 19.7 Å². The second-order valence-electron chi connectivity index (χ2n) is 5.83. The molecule has 24 heavy (non-hydrogen) atoms. The number of hydrogen-bond donors (Lipinski definition) is 0. The van der Waals surface area contributed by atoms with E-state index in [1.807, 2.05) is 11.0 Å². The normalized spacial score (nSPS) is 10.8. The van der Waals surface area contributed by atoms with Crippen LogP contribution in [0.5, 0.6) is 5.75 Å². The fourth-order valence-corrected chi connectivity index (χ4v) is 2.43. The van der Waals surface area contributed by atoms with Gasteiger partial charge in [-0.3, -0.25) is 4.79 Å². The van der Waals surface area contributed by atoms with Gasteiger partial charge in [0.25, 0.3) is 5.91 Å². The lowest BCUT2D eigenvalue weighted by atomic mass is 10.2. The van der Waals surface area contributed by atoms with E-state index < -0.39 is 5.63 Å². The lowest BCUT2D eigenvalue weighted by Gasteiger charge is -2.22. The molecular formula is C19H25NO4. The second kappa shape index (κ2) is 9.11. The minimum Gasteiger partial charge on any atom is -0.484 e. The molecule has 0 saturated carbocycles. The summed E-state index contributed by atoms with van der Waals surface area (Å²) in [4.78, 5) is 25.5. The molecule has 0 aliphatic heterocycles. The molecule has 0 bridgehead atoms. The van der Waals surface area contributed by atoms with Gasteiger partial charge in [0.2, 0.25) is 0 Å². The molecule has 0 fully saturated rings. The minimum atomic E-state index is -0.402. The first-order valence-corrected chi connectivity index (χ1v) is 8.58. The molecule has 0 N–H and O–H groups in total. The molecule has 1 amide bonds. The number of carbonyl (C=O) groups excluding carboxylic acids is 1. The second-order valence-corrected chi connectivity index (χ2v) is 5.83. The topological polar surface area (TPSA) is 59.8 Å². The monoisotopic (exact) mass is 331 g/mol. The predicted octanol–water partition coefficient (Wildman–Crippen LogP) is 3.60. The van der Waals surface area contributed by atoms with Crippen LogP contribution in [0.4, 0.5) is 0 Å². The summed E-state index contributed by atoms with van der Waals surface area (Å²) >= 11 is 0. The lowest BCUT2D eigenvalue weighted by Crippen LogP contribution is -2.36. The van der Waals surface area contributed by atoms with Gasteiger partial charge in [-0.05, 0) is 31.0 Å². The number of fused-ring (bicyclic) bond motifs is 1. The van der Waals surface area contributed by atoms with Crippen LogP contribution in [-0.4, -0.2) is 30.5 Å². The number of ether oxygens (including phenoxy) is 1. The number of carbonyl (C=O) groups is 1. The molecular weight excluding hydrogens is 306 g/mol. The van der Waals surface area contributed by atoms with Crippen LogP contribution in [-0.2, 0) is 4.79 Å². The molecule has 2 rings (SSSR count). The third-order valence-electron chi connectivity index (χ3n) is 3.87. The van der Waals surface area contributed by atoms with Gasteiger partial charge in [0.15, 0.2) is 6.61 Å². The minimum absolute atomic E-state index is 0.00397. The van der Waals surface area contributed by atoms with E-state index in [1.54, 1.807) is 18.2 Å². The van der Waals surface area contributed by atoms with Gasteiger partial charge >= 0.3 is 5.63 Å². The Bertz CT molecular complexity index is 715. The van der Waals surface area contributed by atoms with Crippen molar-refractivity contribution in [2.45, 2.75) is 39.5 Å². The highest BCUT2D eigenvalue weighted by Crippen LogP contribution is 2.19. The van der Waals surface area contributed by atoms with Crippen molar-refractivity contribution < 1.29 is 13.9 Å². The molecule has 0 atom stereocenters. The molecule has 5 heteroatoms. The molecule has 1 aromatic heterocycles. The van der Waals surface area contributed by atoms with Gasteiger partial charge in [-0.15, -0.1) is 0 Å². The Morgan fingerprint density at radius 2 is 1.75 bits per heavy atom. The number of unbranched alkanes of at least 4 members (excludes halogenated alkanes) is 2. The van der Waals surface area contributed by atoms with Gasteiger partial charge in [-0.2, -0.15) is 0 Å². The van der Waals surface area contributed by atoms with Gasteiger partial charge in [0.1, 0.15) is 11.3 Å². The summed E-state index contributed by atoms with van der Waals surface area (Å²) in [6, 6.07) is 8.31. The Morgan fingerprint density at radius 3 is 2.42 bits per heavy atom. The van der Waals surface area contributed by atoms with Crippen LogP contribution in [0.25, 0.3) is 11.0 Å². The molecule has 5 nitrogen and oxygen atoms in total. The third kappa shape index (κ3) is 5.11. The van der Waals surface area contributed by atoms with E-state index in [1.165, 1.54) is 6.07 Å². The van der Waals surface area contributed by atoms with Crippen LogP contribution in [0, 0.1) is 0 Å². The fourth-order valence-electron chi connectivity index (χ4n) is 2.43. The van der Waals surface area contributed by atoms with Crippen molar-refractivity contribution in [3.05, 3.63) is 40.8 Å². The van der Waals surface area contributed by atoms with Crippen molar-refractivity contribution in [3.8, 4) is 5.75 Å². The number of rotatable bonds is 9. The zero-order chi connectivity index (χ0) is 17.4. The predicted molar refractivity (Wildman–Crippen MR) is 94.4 cm³/mol. The SMILES string of the molecule is CCCCN(CCCC)C(=O)COc1ccc2ccc(=O)oc2c1. The third-order valence-corrected chi connectivity index (χ3v) is 3.87. The molecule has 130 valence electrons. The summed E-state index contributed by atoms with van der Waals surface area (Å²) in [5.74, 6) is 0.516. The van der Waals surface area contributed by atoms with Gasteiger partial charge in [0.05, 0.1) is 0 Å². The van der Waals surface area contributed by atoms with Crippen LogP contribution < -0.4 is 10.4 Å². The van der Waals surface area contributed by atoms with Crippen molar-refractivity contribution >= 4 is 16.9 Å². The highest BCUT2D eigenvalue weighted by molar-refractivity contribution is 5.79. The standard InChI is InChI=1S/C19H25NO4/c1-3-5-11-20(12-6-4-2)18(21)14-23-16-9-7-15-8-10-19(22)24-17(15)13-16/h7-10,13H,3-6,11-12,14H2,1-2H3. The van der Waals surface area contributed by atoms with Gasteiger partial charge in [-0.25, -0.2) is 4.79 Å². The highest BCUT2D eigenvalue weighted by atomic mass is 16.5. The van der Waals surface area contributed by atoms with E-state index >= 15 is 0 Å². The molecule has 0 unspecified atom stereocenters. The Morgan fingerprint density at radius 1 is 1.08 bits per heavy atom. The maximum absolute atomic E-state index is 12.4. The number of benzene rings is 1. The van der Waals surface area contributed by atoms with Crippen molar-refractivity contribution in [1.29, 1.82) is 0 Å². The first kappa shape index (κ1) is 18.0. The smallest absolute Gasteiger partial charge is 0.336 e. The van der Waals surface area contributed by atoms with Crippen molar-refractivity contribution in [1.82, 2.24) is 4.90 Å². The first-order chi connectivity index (χ1) is 11.6. The van der Waals surface area contributed by atoms with E-state index in [9.17, 15) is 9.59 Å². The van der Waals surface area contributed by atoms with E-state index in [0.717, 1.165) is 44.2 Å². The Hall–Kier alpha value is -2.30. The maximum Gasteiger partial charge on any atom is 0.336 e. The summed E-state index contributed by atoms with van der Waals surface area (Å²) in [6.07, 6.45) is 4.11. The molecule has 0 saturated heterocycles. The largest absolute Gasteiger partial charge is 0.484 e. The highest BCUT2D eigenvalue weighted by Gasteiger charge is 2.13. The van der Waals surface area contributed by atoms with E-state index in [-0.39, 0.29) is 12.5 Å². The number of hydrogen-bond acceptors (Lipinski definition) is 4. The van der Waals surface area contributed by atoms with Crippen molar-refractivity contribution in [2.24, 2.45) is 0 Å². The molecule has 0 aliphatic carbocycles.